The Hall–Kier alpha value is -3.99. The third-order valence-corrected chi connectivity index (χ3v) is 7.30. The third-order valence-electron chi connectivity index (χ3n) is 7.30. The zero-order chi connectivity index (χ0) is 22.7. The molecule has 5 nitrogen and oxygen atoms in total. The van der Waals surface area contributed by atoms with E-state index in [9.17, 15) is 14.4 Å². The Morgan fingerprint density at radius 3 is 2.39 bits per heavy atom. The van der Waals surface area contributed by atoms with E-state index in [1.807, 2.05) is 83.8 Å². The number of hydrogen-bond donors (Lipinski definition) is 1. The van der Waals surface area contributed by atoms with E-state index in [-0.39, 0.29) is 17.5 Å². The third kappa shape index (κ3) is 2.50. The molecular formula is C28H22N2O3. The lowest BCUT2D eigenvalue weighted by atomic mass is 9.64. The van der Waals surface area contributed by atoms with Gasteiger partial charge in [0.15, 0.2) is 11.6 Å². The summed E-state index contributed by atoms with van der Waals surface area (Å²) < 4.78 is 0. The molecule has 3 heterocycles. The van der Waals surface area contributed by atoms with E-state index in [1.165, 1.54) is 6.92 Å². The zero-order valence-corrected chi connectivity index (χ0v) is 18.1. The van der Waals surface area contributed by atoms with Crippen LogP contribution in [0.4, 0.5) is 11.4 Å². The van der Waals surface area contributed by atoms with Gasteiger partial charge in [0.2, 0.25) is 5.91 Å². The normalized spacial score (nSPS) is 26.5. The van der Waals surface area contributed by atoms with Gasteiger partial charge in [0, 0.05) is 16.9 Å². The number of carbonyl (C=O) groups excluding carboxylic acids is 3. The number of hydrogen-bond acceptors (Lipinski definition) is 4. The van der Waals surface area contributed by atoms with E-state index in [1.54, 1.807) is 12.1 Å². The molecule has 0 aromatic heterocycles. The minimum atomic E-state index is -1.22. The van der Waals surface area contributed by atoms with Gasteiger partial charge < -0.3 is 10.2 Å². The smallest absolute Gasteiger partial charge is 0.238 e. The maximum Gasteiger partial charge on any atom is 0.238 e. The number of benzene rings is 3. The van der Waals surface area contributed by atoms with Crippen LogP contribution in [0.15, 0.2) is 84.9 Å². The van der Waals surface area contributed by atoms with Crippen LogP contribution in [0.3, 0.4) is 0 Å². The first-order chi connectivity index (χ1) is 16.0. The molecule has 0 unspecified atom stereocenters. The standard InChI is InChI=1S/C28H22N2O3/c1-17(31)25-24(26(32)19-10-3-2-4-11-19)28(20-12-6-7-13-21(20)29-27(28)33)23-16-15-18-9-5-8-14-22(18)30(23)25/h2-16,23-25H,1H3,(H,29,33)/t23-,24-,25-,28+/m0/s1. The van der Waals surface area contributed by atoms with Gasteiger partial charge in [0.1, 0.15) is 5.41 Å². The van der Waals surface area contributed by atoms with E-state index in [0.717, 1.165) is 16.8 Å². The molecule has 6 rings (SSSR count). The molecule has 0 radical (unpaired) electrons. The molecule has 0 aliphatic carbocycles. The summed E-state index contributed by atoms with van der Waals surface area (Å²) >= 11 is 0. The number of anilines is 2. The van der Waals surface area contributed by atoms with Crippen molar-refractivity contribution in [3.63, 3.8) is 0 Å². The maximum atomic E-state index is 14.2. The number of nitrogens with one attached hydrogen (secondary N) is 1. The monoisotopic (exact) mass is 434 g/mol. The van der Waals surface area contributed by atoms with Crippen molar-refractivity contribution in [3.05, 3.63) is 102 Å². The van der Waals surface area contributed by atoms with Crippen LogP contribution in [0.1, 0.15) is 28.4 Å². The van der Waals surface area contributed by atoms with Crippen molar-refractivity contribution in [2.45, 2.75) is 24.4 Å². The molecule has 1 spiro atoms. The van der Waals surface area contributed by atoms with Crippen molar-refractivity contribution < 1.29 is 14.4 Å². The van der Waals surface area contributed by atoms with Crippen LogP contribution in [0.5, 0.6) is 0 Å². The SMILES string of the molecule is CC(=O)[C@H]1[C@@H](C(=O)c2ccccc2)[C@]2(C(=O)Nc3ccccc32)[C@@H]2C=Cc3ccccc3N21. The molecule has 0 saturated carbocycles. The molecule has 5 heteroatoms. The van der Waals surface area contributed by atoms with Crippen molar-refractivity contribution in [2.75, 3.05) is 10.2 Å². The largest absolute Gasteiger partial charge is 0.352 e. The predicted octanol–water partition coefficient (Wildman–Crippen LogP) is 4.25. The Morgan fingerprint density at radius 2 is 1.61 bits per heavy atom. The molecule has 4 atom stereocenters. The number of amides is 1. The lowest BCUT2D eigenvalue weighted by Crippen LogP contribution is -2.51. The van der Waals surface area contributed by atoms with Gasteiger partial charge in [0.25, 0.3) is 0 Å². The molecule has 162 valence electrons. The average molecular weight is 434 g/mol. The van der Waals surface area contributed by atoms with Crippen LogP contribution in [0.2, 0.25) is 0 Å². The van der Waals surface area contributed by atoms with Gasteiger partial charge in [-0.05, 0) is 30.2 Å². The second kappa shape index (κ2) is 7.01. The molecule has 33 heavy (non-hydrogen) atoms. The minimum absolute atomic E-state index is 0.131. The van der Waals surface area contributed by atoms with Gasteiger partial charge in [-0.3, -0.25) is 14.4 Å². The maximum absolute atomic E-state index is 14.2. The fraction of sp³-hybridized carbons (Fsp3) is 0.179. The van der Waals surface area contributed by atoms with Crippen molar-refractivity contribution in [1.29, 1.82) is 0 Å². The van der Waals surface area contributed by atoms with Gasteiger partial charge in [-0.1, -0.05) is 78.9 Å². The molecular weight excluding hydrogens is 412 g/mol. The molecule has 1 saturated heterocycles. The Morgan fingerprint density at radius 1 is 0.909 bits per heavy atom. The van der Waals surface area contributed by atoms with E-state index < -0.39 is 23.4 Å². The second-order valence-corrected chi connectivity index (χ2v) is 8.90. The highest BCUT2D eigenvalue weighted by Crippen LogP contribution is 2.57. The minimum Gasteiger partial charge on any atom is -0.352 e. The van der Waals surface area contributed by atoms with Crippen molar-refractivity contribution in [3.8, 4) is 0 Å². The first-order valence-electron chi connectivity index (χ1n) is 11.1. The van der Waals surface area contributed by atoms with Crippen LogP contribution < -0.4 is 10.2 Å². The summed E-state index contributed by atoms with van der Waals surface area (Å²) in [4.78, 5) is 43.3. The molecule has 1 N–H and O–H groups in total. The molecule has 1 amide bonds. The summed E-state index contributed by atoms with van der Waals surface area (Å²) in [5.74, 6) is -1.43. The molecule has 3 aliphatic heterocycles. The first-order valence-corrected chi connectivity index (χ1v) is 11.1. The van der Waals surface area contributed by atoms with Crippen molar-refractivity contribution >= 4 is 34.9 Å². The van der Waals surface area contributed by atoms with E-state index in [0.29, 0.717) is 11.3 Å². The summed E-state index contributed by atoms with van der Waals surface area (Å²) in [6.07, 6.45) is 3.98. The highest BCUT2D eigenvalue weighted by molar-refractivity contribution is 6.16. The lowest BCUT2D eigenvalue weighted by molar-refractivity contribution is -0.122. The fourth-order valence-corrected chi connectivity index (χ4v) is 6.05. The number of ketones is 2. The summed E-state index contributed by atoms with van der Waals surface area (Å²) in [5, 5.41) is 3.02. The van der Waals surface area contributed by atoms with Gasteiger partial charge >= 0.3 is 0 Å². The first kappa shape index (κ1) is 19.7. The molecule has 3 aromatic rings. The highest BCUT2D eigenvalue weighted by atomic mass is 16.2. The summed E-state index contributed by atoms with van der Waals surface area (Å²) in [5.41, 5.74) is 2.59. The molecule has 3 aromatic carbocycles. The van der Waals surface area contributed by atoms with Gasteiger partial charge in [-0.15, -0.1) is 0 Å². The molecule has 3 aliphatic rings. The predicted molar refractivity (Wildman–Crippen MR) is 127 cm³/mol. The molecule has 1 fully saturated rings. The molecule has 0 bridgehead atoms. The van der Waals surface area contributed by atoms with Gasteiger partial charge in [0.05, 0.1) is 18.0 Å². The number of carbonyl (C=O) groups is 3. The quantitative estimate of drug-likeness (QED) is 0.626. The van der Waals surface area contributed by atoms with E-state index in [4.69, 9.17) is 0 Å². The van der Waals surface area contributed by atoms with Crippen LogP contribution in [-0.4, -0.2) is 29.6 Å². The topological polar surface area (TPSA) is 66.5 Å². The number of para-hydroxylation sites is 2. The Kier molecular flexibility index (Phi) is 4.18. The van der Waals surface area contributed by atoms with Crippen LogP contribution >= 0.6 is 0 Å². The van der Waals surface area contributed by atoms with Crippen molar-refractivity contribution in [2.24, 2.45) is 5.92 Å². The second-order valence-electron chi connectivity index (χ2n) is 8.90. The number of fused-ring (bicyclic) bond motifs is 6. The van der Waals surface area contributed by atoms with Crippen LogP contribution in [0, 0.1) is 5.92 Å². The van der Waals surface area contributed by atoms with Gasteiger partial charge in [-0.25, -0.2) is 0 Å². The Bertz CT molecular complexity index is 1350. The Balaban J connectivity index is 1.67. The lowest BCUT2D eigenvalue weighted by Gasteiger charge is -2.37. The highest BCUT2D eigenvalue weighted by Gasteiger charge is 2.69. The van der Waals surface area contributed by atoms with E-state index in [2.05, 4.69) is 5.32 Å². The number of nitrogens with zero attached hydrogens (tertiary/aromatic N) is 1. The average Bonchev–Trinajstić information content (AvgIpc) is 3.32. The van der Waals surface area contributed by atoms with E-state index >= 15 is 0 Å². The fourth-order valence-electron chi connectivity index (χ4n) is 6.05. The van der Waals surface area contributed by atoms with Crippen molar-refractivity contribution in [1.82, 2.24) is 0 Å². The number of Topliss-reactive ketones (excluding diaryl/α,β-unsaturated/α-hetero) is 2. The number of rotatable bonds is 3. The van der Waals surface area contributed by atoms with Gasteiger partial charge in [-0.2, -0.15) is 0 Å². The summed E-state index contributed by atoms with van der Waals surface area (Å²) in [6.45, 7) is 1.52. The Labute approximate surface area is 191 Å². The summed E-state index contributed by atoms with van der Waals surface area (Å²) in [7, 11) is 0. The van der Waals surface area contributed by atoms with Crippen LogP contribution in [-0.2, 0) is 15.0 Å². The van der Waals surface area contributed by atoms with Crippen LogP contribution in [0.25, 0.3) is 6.08 Å². The summed E-state index contributed by atoms with van der Waals surface area (Å²) in [6, 6.07) is 23.1. The zero-order valence-electron chi connectivity index (χ0n) is 18.1.